The fraction of sp³-hybridized carbons (Fsp3) is 1.00. The molecule has 0 aromatic carbocycles. The third-order valence-electron chi connectivity index (χ3n) is 3.32. The number of likely N-dealkylation sites (tertiary alicyclic amines) is 1. The highest BCUT2D eigenvalue weighted by molar-refractivity contribution is 7.89. The molecular weight excluding hydrogens is 226 g/mol. The molecule has 1 fully saturated rings. The molecule has 1 saturated heterocycles. The first-order valence-corrected chi connectivity index (χ1v) is 7.50. The fourth-order valence-corrected chi connectivity index (χ4v) is 3.19. The summed E-state index contributed by atoms with van der Waals surface area (Å²) in [4.78, 5) is 2.29. The number of nitrogens with zero attached hydrogens (tertiary/aromatic N) is 2. The second kappa shape index (κ2) is 5.95. The standard InChI is InChI=1S/C10H23N3O2S/c1-3-16(14,15)12(2)10-4-7-13(8-5-10)9-6-11/h10H,3-9,11H2,1-2H3. The molecule has 0 saturated carbocycles. The molecule has 0 aliphatic carbocycles. The van der Waals surface area contributed by atoms with Crippen LogP contribution in [0.15, 0.2) is 0 Å². The van der Waals surface area contributed by atoms with E-state index in [1.54, 1.807) is 18.3 Å². The van der Waals surface area contributed by atoms with Gasteiger partial charge < -0.3 is 10.6 Å². The molecule has 0 radical (unpaired) electrons. The molecule has 0 unspecified atom stereocenters. The lowest BCUT2D eigenvalue weighted by molar-refractivity contribution is 0.173. The number of sulfonamides is 1. The summed E-state index contributed by atoms with van der Waals surface area (Å²) in [7, 11) is -1.34. The van der Waals surface area contributed by atoms with E-state index in [1.165, 1.54) is 0 Å². The van der Waals surface area contributed by atoms with Crippen LogP contribution in [-0.4, -0.2) is 62.6 Å². The quantitative estimate of drug-likeness (QED) is 0.726. The van der Waals surface area contributed by atoms with E-state index in [0.29, 0.717) is 6.54 Å². The lowest BCUT2D eigenvalue weighted by Gasteiger charge is -2.35. The van der Waals surface area contributed by atoms with Gasteiger partial charge in [-0.05, 0) is 32.9 Å². The van der Waals surface area contributed by atoms with E-state index >= 15 is 0 Å². The maximum Gasteiger partial charge on any atom is 0.213 e. The summed E-state index contributed by atoms with van der Waals surface area (Å²) >= 11 is 0. The van der Waals surface area contributed by atoms with Crippen LogP contribution in [0.2, 0.25) is 0 Å². The van der Waals surface area contributed by atoms with Crippen LogP contribution in [0, 0.1) is 0 Å². The molecule has 0 amide bonds. The van der Waals surface area contributed by atoms with Crippen molar-refractivity contribution < 1.29 is 8.42 Å². The molecule has 1 aliphatic rings. The zero-order chi connectivity index (χ0) is 12.2. The molecule has 96 valence electrons. The minimum atomic E-state index is -3.04. The zero-order valence-electron chi connectivity index (χ0n) is 10.2. The lowest BCUT2D eigenvalue weighted by Crippen LogP contribution is -2.46. The van der Waals surface area contributed by atoms with Crippen molar-refractivity contribution in [2.45, 2.75) is 25.8 Å². The van der Waals surface area contributed by atoms with Crippen LogP contribution < -0.4 is 5.73 Å². The van der Waals surface area contributed by atoms with E-state index in [0.717, 1.165) is 32.5 Å². The Balaban J connectivity index is 2.48. The van der Waals surface area contributed by atoms with Crippen molar-refractivity contribution >= 4 is 10.0 Å². The molecule has 16 heavy (non-hydrogen) atoms. The third kappa shape index (κ3) is 3.41. The summed E-state index contributed by atoms with van der Waals surface area (Å²) in [6, 6.07) is 0.166. The predicted octanol–water partition coefficient (Wildman–Crippen LogP) is -0.309. The average molecular weight is 249 g/mol. The summed E-state index contributed by atoms with van der Waals surface area (Å²) in [6.07, 6.45) is 1.82. The second-order valence-electron chi connectivity index (χ2n) is 4.28. The van der Waals surface area contributed by atoms with Gasteiger partial charge in [0.1, 0.15) is 0 Å². The van der Waals surface area contributed by atoms with Crippen molar-refractivity contribution in [3.8, 4) is 0 Å². The number of nitrogens with two attached hydrogens (primary N) is 1. The highest BCUT2D eigenvalue weighted by atomic mass is 32.2. The molecule has 5 nitrogen and oxygen atoms in total. The summed E-state index contributed by atoms with van der Waals surface area (Å²) in [5.74, 6) is 0.187. The van der Waals surface area contributed by atoms with Crippen molar-refractivity contribution in [2.75, 3.05) is 39.0 Å². The van der Waals surface area contributed by atoms with Gasteiger partial charge in [0, 0.05) is 26.2 Å². The number of hydrogen-bond acceptors (Lipinski definition) is 4. The summed E-state index contributed by atoms with van der Waals surface area (Å²) in [5, 5.41) is 0. The van der Waals surface area contributed by atoms with Crippen molar-refractivity contribution in [1.29, 1.82) is 0 Å². The number of rotatable bonds is 5. The monoisotopic (exact) mass is 249 g/mol. The van der Waals surface area contributed by atoms with Gasteiger partial charge in [-0.15, -0.1) is 0 Å². The second-order valence-corrected chi connectivity index (χ2v) is 6.60. The molecule has 0 spiro atoms. The SMILES string of the molecule is CCS(=O)(=O)N(C)C1CCN(CCN)CC1. The molecule has 0 aromatic rings. The van der Waals surface area contributed by atoms with Crippen LogP contribution in [0.1, 0.15) is 19.8 Å². The third-order valence-corrected chi connectivity index (χ3v) is 5.23. The van der Waals surface area contributed by atoms with Crippen LogP contribution in [-0.2, 0) is 10.0 Å². The Morgan fingerprint density at radius 2 is 1.94 bits per heavy atom. The van der Waals surface area contributed by atoms with E-state index < -0.39 is 10.0 Å². The normalized spacial score (nSPS) is 20.5. The van der Waals surface area contributed by atoms with Gasteiger partial charge in [-0.3, -0.25) is 0 Å². The van der Waals surface area contributed by atoms with Crippen LogP contribution in [0.4, 0.5) is 0 Å². The van der Waals surface area contributed by atoms with Gasteiger partial charge in [-0.1, -0.05) is 0 Å². The first kappa shape index (κ1) is 13.9. The number of piperidine rings is 1. The molecule has 1 heterocycles. The van der Waals surface area contributed by atoms with Crippen molar-refractivity contribution in [1.82, 2.24) is 9.21 Å². The Labute approximate surface area is 98.6 Å². The zero-order valence-corrected chi connectivity index (χ0v) is 11.0. The van der Waals surface area contributed by atoms with E-state index in [9.17, 15) is 8.42 Å². The maximum atomic E-state index is 11.7. The van der Waals surface area contributed by atoms with E-state index in [2.05, 4.69) is 4.90 Å². The minimum Gasteiger partial charge on any atom is -0.329 e. The number of hydrogen-bond donors (Lipinski definition) is 1. The van der Waals surface area contributed by atoms with Crippen molar-refractivity contribution in [3.63, 3.8) is 0 Å². The Morgan fingerprint density at radius 1 is 1.38 bits per heavy atom. The largest absolute Gasteiger partial charge is 0.329 e. The van der Waals surface area contributed by atoms with Gasteiger partial charge in [0.2, 0.25) is 10.0 Å². The van der Waals surface area contributed by atoms with E-state index in [1.807, 2.05) is 0 Å². The molecule has 6 heteroatoms. The highest BCUT2D eigenvalue weighted by Gasteiger charge is 2.28. The fourth-order valence-electron chi connectivity index (χ4n) is 2.12. The topological polar surface area (TPSA) is 66.6 Å². The van der Waals surface area contributed by atoms with Crippen molar-refractivity contribution in [3.05, 3.63) is 0 Å². The maximum absolute atomic E-state index is 11.7. The summed E-state index contributed by atoms with van der Waals surface area (Å²) < 4.78 is 24.9. The first-order chi connectivity index (χ1) is 7.51. The Kier molecular flexibility index (Phi) is 5.17. The smallest absolute Gasteiger partial charge is 0.213 e. The van der Waals surface area contributed by atoms with Gasteiger partial charge >= 0.3 is 0 Å². The Bertz CT molecular complexity index is 297. The summed E-state index contributed by atoms with van der Waals surface area (Å²) in [5.41, 5.74) is 5.50. The lowest BCUT2D eigenvalue weighted by atomic mass is 10.1. The van der Waals surface area contributed by atoms with Crippen LogP contribution >= 0.6 is 0 Å². The van der Waals surface area contributed by atoms with E-state index in [4.69, 9.17) is 5.73 Å². The Hall–Kier alpha value is -0.170. The Morgan fingerprint density at radius 3 is 2.38 bits per heavy atom. The van der Waals surface area contributed by atoms with Gasteiger partial charge in [-0.25, -0.2) is 12.7 Å². The van der Waals surface area contributed by atoms with Gasteiger partial charge in [-0.2, -0.15) is 0 Å². The van der Waals surface area contributed by atoms with Crippen LogP contribution in [0.25, 0.3) is 0 Å². The van der Waals surface area contributed by atoms with Gasteiger partial charge in [0.15, 0.2) is 0 Å². The summed E-state index contributed by atoms with van der Waals surface area (Å²) in [6.45, 7) is 5.18. The molecule has 1 aliphatic heterocycles. The molecule has 2 N–H and O–H groups in total. The van der Waals surface area contributed by atoms with Crippen LogP contribution in [0.5, 0.6) is 0 Å². The minimum absolute atomic E-state index is 0.166. The molecular formula is C10H23N3O2S. The van der Waals surface area contributed by atoms with Gasteiger partial charge in [0.05, 0.1) is 5.75 Å². The van der Waals surface area contributed by atoms with Crippen molar-refractivity contribution in [2.24, 2.45) is 5.73 Å². The van der Waals surface area contributed by atoms with Crippen LogP contribution in [0.3, 0.4) is 0 Å². The predicted molar refractivity (Wildman–Crippen MR) is 65.7 cm³/mol. The average Bonchev–Trinajstić information content (AvgIpc) is 2.29. The first-order valence-electron chi connectivity index (χ1n) is 5.89. The van der Waals surface area contributed by atoms with Gasteiger partial charge in [0.25, 0.3) is 0 Å². The highest BCUT2D eigenvalue weighted by Crippen LogP contribution is 2.17. The molecule has 0 atom stereocenters. The molecule has 0 bridgehead atoms. The molecule has 0 aromatic heterocycles. The van der Waals surface area contributed by atoms with E-state index in [-0.39, 0.29) is 11.8 Å². The molecule has 1 rings (SSSR count).